The van der Waals surface area contributed by atoms with Gasteiger partial charge in [0.15, 0.2) is 0 Å². The highest BCUT2D eigenvalue weighted by Gasteiger charge is 2.22. The van der Waals surface area contributed by atoms with E-state index in [-0.39, 0.29) is 5.57 Å². The van der Waals surface area contributed by atoms with E-state index in [1.165, 1.54) is 0 Å². The first kappa shape index (κ1) is 11.1. The molecule has 0 aliphatic carbocycles. The number of amides is 1. The maximum atomic E-state index is 10.5. The molecule has 12 heavy (non-hydrogen) atoms. The topological polar surface area (TPSA) is 104 Å². The predicted molar refractivity (Wildman–Crippen MR) is 42.0 cm³/mol. The zero-order chi connectivity index (χ0) is 9.72. The number of rotatable bonds is 5. The maximum Gasteiger partial charge on any atom is 0.246 e. The fourth-order valence-electron chi connectivity index (χ4n) is 0.688. The summed E-state index contributed by atoms with van der Waals surface area (Å²) in [5.41, 5.74) is 4.62. The Morgan fingerprint density at radius 3 is 2.08 bits per heavy atom. The van der Waals surface area contributed by atoms with Gasteiger partial charge < -0.3 is 21.1 Å². The van der Waals surface area contributed by atoms with Crippen LogP contribution < -0.4 is 5.73 Å². The number of carbonyl (C=O) groups excluding carboxylic acids is 1. The smallest absolute Gasteiger partial charge is 0.246 e. The highest BCUT2D eigenvalue weighted by molar-refractivity contribution is 5.92. The van der Waals surface area contributed by atoms with E-state index < -0.39 is 31.1 Å². The van der Waals surface area contributed by atoms with Gasteiger partial charge in [-0.3, -0.25) is 4.79 Å². The summed E-state index contributed by atoms with van der Waals surface area (Å²) in [5.74, 6) is -1.64. The van der Waals surface area contributed by atoms with Gasteiger partial charge in [-0.05, 0) is 0 Å². The molecular weight excluding hydrogens is 162 g/mol. The monoisotopic (exact) mass is 175 g/mol. The minimum Gasteiger partial charge on any atom is -0.396 e. The van der Waals surface area contributed by atoms with E-state index in [0.29, 0.717) is 0 Å². The lowest BCUT2D eigenvalue weighted by Gasteiger charge is -2.18. The molecule has 0 aliphatic heterocycles. The van der Waals surface area contributed by atoms with Crippen molar-refractivity contribution < 1.29 is 20.1 Å². The fraction of sp³-hybridized carbons (Fsp3) is 0.571. The molecular formula is C7H13NO4. The van der Waals surface area contributed by atoms with Crippen molar-refractivity contribution in [2.45, 2.75) is 6.10 Å². The van der Waals surface area contributed by atoms with Gasteiger partial charge in [-0.15, -0.1) is 0 Å². The summed E-state index contributed by atoms with van der Waals surface area (Å²) in [6.45, 7) is 2.37. The van der Waals surface area contributed by atoms with Crippen molar-refractivity contribution in [3.8, 4) is 0 Å². The molecule has 5 nitrogen and oxygen atoms in total. The maximum absolute atomic E-state index is 10.5. The van der Waals surface area contributed by atoms with Crippen LogP contribution in [0.1, 0.15) is 0 Å². The van der Waals surface area contributed by atoms with Crippen LogP contribution in [0.4, 0.5) is 0 Å². The summed E-state index contributed by atoms with van der Waals surface area (Å²) in [7, 11) is 0. The molecule has 5 heteroatoms. The zero-order valence-electron chi connectivity index (χ0n) is 6.60. The van der Waals surface area contributed by atoms with E-state index in [1.807, 2.05) is 0 Å². The molecule has 0 spiro atoms. The van der Waals surface area contributed by atoms with E-state index in [0.717, 1.165) is 0 Å². The Morgan fingerprint density at radius 1 is 1.42 bits per heavy atom. The molecule has 1 atom stereocenters. The molecule has 0 heterocycles. The second-order valence-electron chi connectivity index (χ2n) is 2.46. The van der Waals surface area contributed by atoms with Crippen LogP contribution in [0, 0.1) is 5.92 Å². The standard InChI is InChI=1S/C7H13NO4/c1-4(7(8)12)6(11)5(2-9)3-10/h5-6,9-11H,1-3H2,(H2,8,12). The molecule has 0 rings (SSSR count). The summed E-state index contributed by atoms with van der Waals surface area (Å²) < 4.78 is 0. The highest BCUT2D eigenvalue weighted by atomic mass is 16.3. The number of nitrogens with two attached hydrogens (primary N) is 1. The minimum atomic E-state index is -1.28. The van der Waals surface area contributed by atoms with Gasteiger partial charge in [0.25, 0.3) is 0 Å². The second kappa shape index (κ2) is 4.87. The van der Waals surface area contributed by atoms with Gasteiger partial charge >= 0.3 is 0 Å². The molecule has 0 fully saturated rings. The Balaban J connectivity index is 4.25. The van der Waals surface area contributed by atoms with Crippen molar-refractivity contribution in [1.29, 1.82) is 0 Å². The van der Waals surface area contributed by atoms with E-state index >= 15 is 0 Å². The van der Waals surface area contributed by atoms with E-state index in [1.54, 1.807) is 0 Å². The van der Waals surface area contributed by atoms with Crippen molar-refractivity contribution in [2.24, 2.45) is 11.7 Å². The van der Waals surface area contributed by atoms with Crippen LogP contribution in [-0.2, 0) is 4.79 Å². The van der Waals surface area contributed by atoms with Crippen molar-refractivity contribution in [1.82, 2.24) is 0 Å². The summed E-state index contributed by atoms with van der Waals surface area (Å²) in [5, 5.41) is 26.5. The van der Waals surface area contributed by atoms with Crippen LogP contribution in [-0.4, -0.2) is 40.5 Å². The lowest BCUT2D eigenvalue weighted by molar-refractivity contribution is -0.116. The summed E-state index contributed by atoms with van der Waals surface area (Å²) >= 11 is 0. The first-order valence-electron chi connectivity index (χ1n) is 3.43. The number of hydrogen-bond acceptors (Lipinski definition) is 4. The van der Waals surface area contributed by atoms with Crippen LogP contribution in [0.2, 0.25) is 0 Å². The third kappa shape index (κ3) is 2.61. The molecule has 1 amide bonds. The Labute approximate surface area is 70.1 Å². The minimum absolute atomic E-state index is 0.205. The highest BCUT2D eigenvalue weighted by Crippen LogP contribution is 2.09. The summed E-state index contributed by atoms with van der Waals surface area (Å²) in [6.07, 6.45) is -1.28. The molecule has 70 valence electrons. The molecule has 1 unspecified atom stereocenters. The molecule has 5 N–H and O–H groups in total. The van der Waals surface area contributed by atoms with Crippen molar-refractivity contribution in [3.63, 3.8) is 0 Å². The average Bonchev–Trinajstić information content (AvgIpc) is 2.05. The van der Waals surface area contributed by atoms with Gasteiger partial charge in [0, 0.05) is 11.5 Å². The van der Waals surface area contributed by atoms with E-state index in [9.17, 15) is 9.90 Å². The number of primary amides is 1. The zero-order valence-corrected chi connectivity index (χ0v) is 6.60. The molecule has 0 saturated carbocycles. The second-order valence-corrected chi connectivity index (χ2v) is 2.46. The average molecular weight is 175 g/mol. The van der Waals surface area contributed by atoms with Crippen molar-refractivity contribution in [2.75, 3.05) is 13.2 Å². The number of hydrogen-bond donors (Lipinski definition) is 4. The third-order valence-electron chi connectivity index (χ3n) is 1.59. The Bertz CT molecular complexity index is 176. The number of aliphatic hydroxyl groups is 3. The molecule has 0 aromatic rings. The molecule has 0 aromatic heterocycles. The van der Waals surface area contributed by atoms with Crippen LogP contribution in [0.25, 0.3) is 0 Å². The lowest BCUT2D eigenvalue weighted by Crippen LogP contribution is -2.33. The van der Waals surface area contributed by atoms with Gasteiger partial charge in [-0.25, -0.2) is 0 Å². The van der Waals surface area contributed by atoms with Gasteiger partial charge in [0.2, 0.25) is 5.91 Å². The fourth-order valence-corrected chi connectivity index (χ4v) is 0.688. The van der Waals surface area contributed by atoms with Gasteiger partial charge in [0.05, 0.1) is 19.3 Å². The molecule has 0 bridgehead atoms. The first-order valence-corrected chi connectivity index (χ1v) is 3.43. The largest absolute Gasteiger partial charge is 0.396 e. The molecule has 0 saturated heterocycles. The van der Waals surface area contributed by atoms with Crippen molar-refractivity contribution in [3.05, 3.63) is 12.2 Å². The first-order chi connectivity index (χ1) is 5.54. The lowest BCUT2D eigenvalue weighted by atomic mass is 9.98. The molecule has 0 radical (unpaired) electrons. The Morgan fingerprint density at radius 2 is 1.83 bits per heavy atom. The normalized spacial score (nSPS) is 13.0. The Hall–Kier alpha value is -0.910. The number of aliphatic hydroxyl groups excluding tert-OH is 3. The SMILES string of the molecule is C=C(C(N)=O)C(O)C(CO)CO. The predicted octanol–water partition coefficient (Wildman–Crippen LogP) is -2.01. The third-order valence-corrected chi connectivity index (χ3v) is 1.59. The van der Waals surface area contributed by atoms with E-state index in [2.05, 4.69) is 6.58 Å². The van der Waals surface area contributed by atoms with Gasteiger partial charge in [-0.2, -0.15) is 0 Å². The summed E-state index contributed by atoms with van der Waals surface area (Å²) in [4.78, 5) is 10.5. The summed E-state index contributed by atoms with van der Waals surface area (Å²) in [6, 6.07) is 0. The van der Waals surface area contributed by atoms with Gasteiger partial charge in [-0.1, -0.05) is 6.58 Å². The molecule has 0 aliphatic rings. The van der Waals surface area contributed by atoms with Crippen molar-refractivity contribution >= 4 is 5.91 Å². The quantitative estimate of drug-likeness (QED) is 0.362. The van der Waals surface area contributed by atoms with Crippen LogP contribution in [0.5, 0.6) is 0 Å². The van der Waals surface area contributed by atoms with Crippen LogP contribution in [0.3, 0.4) is 0 Å². The Kier molecular flexibility index (Phi) is 4.50. The number of carbonyl (C=O) groups is 1. The molecule has 0 aromatic carbocycles. The van der Waals surface area contributed by atoms with Gasteiger partial charge in [0.1, 0.15) is 0 Å². The van der Waals surface area contributed by atoms with E-state index in [4.69, 9.17) is 15.9 Å². The van der Waals surface area contributed by atoms with Crippen LogP contribution >= 0.6 is 0 Å². The van der Waals surface area contributed by atoms with Crippen LogP contribution in [0.15, 0.2) is 12.2 Å².